The Labute approximate surface area is 107 Å². The number of nitrogens with zero attached hydrogens (tertiary/aromatic N) is 2. The van der Waals surface area contributed by atoms with E-state index in [0.29, 0.717) is 24.8 Å². The van der Waals surface area contributed by atoms with Crippen molar-refractivity contribution in [3.05, 3.63) is 12.3 Å². The van der Waals surface area contributed by atoms with Crippen LogP contribution >= 0.6 is 0 Å². The predicted molar refractivity (Wildman–Crippen MR) is 68.9 cm³/mol. The molecular formula is C10H18N4O3S. The minimum Gasteiger partial charge on any atom is -0.475 e. The molecule has 1 aromatic rings. The minimum atomic E-state index is -3.41. The Morgan fingerprint density at radius 3 is 2.83 bits per heavy atom. The summed E-state index contributed by atoms with van der Waals surface area (Å²) in [5.74, 6) is 0.818. The smallest absolute Gasteiger partial charge is 0.225 e. The topological polar surface area (TPSA) is 107 Å². The van der Waals surface area contributed by atoms with Gasteiger partial charge in [-0.25, -0.2) is 18.5 Å². The number of anilines is 1. The molecule has 7 nitrogen and oxygen atoms in total. The molecule has 0 aromatic carbocycles. The van der Waals surface area contributed by atoms with Crippen LogP contribution in [-0.4, -0.2) is 36.8 Å². The van der Waals surface area contributed by atoms with Gasteiger partial charge in [0.2, 0.25) is 21.9 Å². The zero-order valence-electron chi connectivity index (χ0n) is 10.5. The van der Waals surface area contributed by atoms with Gasteiger partial charge in [-0.1, -0.05) is 0 Å². The molecule has 0 saturated carbocycles. The molecule has 0 aliphatic rings. The molecule has 0 fully saturated rings. The molecule has 0 amide bonds. The van der Waals surface area contributed by atoms with E-state index < -0.39 is 10.0 Å². The fraction of sp³-hybridized carbons (Fsp3) is 0.600. The Morgan fingerprint density at radius 1 is 1.50 bits per heavy atom. The van der Waals surface area contributed by atoms with Crippen molar-refractivity contribution in [2.24, 2.45) is 5.14 Å². The summed E-state index contributed by atoms with van der Waals surface area (Å²) in [6.45, 7) is 4.24. The molecule has 0 unspecified atom stereocenters. The zero-order valence-corrected chi connectivity index (χ0v) is 11.3. The summed E-state index contributed by atoms with van der Waals surface area (Å²) < 4.78 is 26.8. The lowest BCUT2D eigenvalue weighted by Crippen LogP contribution is -2.19. The molecule has 8 heteroatoms. The number of nitrogens with one attached hydrogen (secondary N) is 1. The summed E-state index contributed by atoms with van der Waals surface area (Å²) in [6, 6.07) is 1.66. The van der Waals surface area contributed by atoms with Gasteiger partial charge in [-0.3, -0.25) is 0 Å². The van der Waals surface area contributed by atoms with Crippen LogP contribution in [0, 0.1) is 0 Å². The molecule has 0 atom stereocenters. The summed E-state index contributed by atoms with van der Waals surface area (Å²) in [5.41, 5.74) is 0. The van der Waals surface area contributed by atoms with E-state index in [0.717, 1.165) is 0 Å². The van der Waals surface area contributed by atoms with Crippen molar-refractivity contribution in [2.75, 3.05) is 17.6 Å². The standard InChI is InChI=1S/C10H18N4O3S/c1-8(2)17-9-4-6-13-10(14-9)12-5-3-7-18(11,15)16/h4,6,8H,3,5,7H2,1-2H3,(H2,11,15,16)(H,12,13,14). The molecule has 0 aliphatic carbocycles. The highest BCUT2D eigenvalue weighted by atomic mass is 32.2. The third-order valence-electron chi connectivity index (χ3n) is 1.88. The van der Waals surface area contributed by atoms with Gasteiger partial charge in [0.15, 0.2) is 0 Å². The van der Waals surface area contributed by atoms with Gasteiger partial charge in [0, 0.05) is 18.8 Å². The zero-order chi connectivity index (χ0) is 13.6. The summed E-state index contributed by atoms with van der Waals surface area (Å²) in [7, 11) is -3.41. The largest absolute Gasteiger partial charge is 0.475 e. The molecule has 1 aromatic heterocycles. The van der Waals surface area contributed by atoms with Crippen molar-refractivity contribution in [3.63, 3.8) is 0 Å². The van der Waals surface area contributed by atoms with Crippen LogP contribution in [0.15, 0.2) is 12.3 Å². The van der Waals surface area contributed by atoms with Crippen LogP contribution in [0.25, 0.3) is 0 Å². The molecule has 1 heterocycles. The van der Waals surface area contributed by atoms with Crippen molar-refractivity contribution >= 4 is 16.0 Å². The van der Waals surface area contributed by atoms with Gasteiger partial charge in [0.05, 0.1) is 11.9 Å². The second-order valence-electron chi connectivity index (χ2n) is 4.03. The Balaban J connectivity index is 2.43. The molecule has 1 rings (SSSR count). The number of sulfonamides is 1. The SMILES string of the molecule is CC(C)Oc1ccnc(NCCCS(N)(=O)=O)n1. The van der Waals surface area contributed by atoms with Crippen molar-refractivity contribution in [1.29, 1.82) is 0 Å². The third kappa shape index (κ3) is 6.36. The lowest BCUT2D eigenvalue weighted by Gasteiger charge is -2.09. The second kappa shape index (κ2) is 6.50. The van der Waals surface area contributed by atoms with Gasteiger partial charge in [-0.15, -0.1) is 0 Å². The Hall–Kier alpha value is -1.41. The Morgan fingerprint density at radius 2 is 2.22 bits per heavy atom. The van der Waals surface area contributed by atoms with Crippen molar-refractivity contribution < 1.29 is 13.2 Å². The molecule has 0 saturated heterocycles. The van der Waals surface area contributed by atoms with E-state index in [1.54, 1.807) is 12.3 Å². The lowest BCUT2D eigenvalue weighted by molar-refractivity contribution is 0.232. The minimum absolute atomic E-state index is 0.0372. The van der Waals surface area contributed by atoms with E-state index in [-0.39, 0.29) is 11.9 Å². The molecule has 0 aliphatic heterocycles. The molecule has 102 valence electrons. The number of rotatable bonds is 7. The number of hydrogen-bond donors (Lipinski definition) is 2. The molecule has 0 bridgehead atoms. The molecule has 0 spiro atoms. The first-order valence-electron chi connectivity index (χ1n) is 5.61. The van der Waals surface area contributed by atoms with Crippen molar-refractivity contribution in [2.45, 2.75) is 26.4 Å². The quantitative estimate of drug-likeness (QED) is 0.695. The van der Waals surface area contributed by atoms with Gasteiger partial charge in [0.1, 0.15) is 0 Å². The van der Waals surface area contributed by atoms with Crippen LogP contribution in [-0.2, 0) is 10.0 Å². The molecular weight excluding hydrogens is 256 g/mol. The number of hydrogen-bond acceptors (Lipinski definition) is 6. The number of nitrogens with two attached hydrogens (primary N) is 1. The van der Waals surface area contributed by atoms with Gasteiger partial charge in [0.25, 0.3) is 0 Å². The fourth-order valence-electron chi connectivity index (χ4n) is 1.21. The third-order valence-corrected chi connectivity index (χ3v) is 2.73. The van der Waals surface area contributed by atoms with E-state index in [1.165, 1.54) is 0 Å². The monoisotopic (exact) mass is 274 g/mol. The fourth-order valence-corrected chi connectivity index (χ4v) is 1.75. The van der Waals surface area contributed by atoms with Gasteiger partial charge in [-0.05, 0) is 20.3 Å². The average molecular weight is 274 g/mol. The van der Waals surface area contributed by atoms with Crippen LogP contribution in [0.5, 0.6) is 5.88 Å². The Kier molecular flexibility index (Phi) is 5.29. The van der Waals surface area contributed by atoms with E-state index >= 15 is 0 Å². The predicted octanol–water partition coefficient (Wildman–Crippen LogP) is 0.354. The lowest BCUT2D eigenvalue weighted by atomic mass is 10.5. The average Bonchev–Trinajstić information content (AvgIpc) is 2.23. The highest BCUT2D eigenvalue weighted by Gasteiger charge is 2.04. The van der Waals surface area contributed by atoms with Crippen LogP contribution < -0.4 is 15.2 Å². The Bertz CT molecular complexity index is 476. The summed E-state index contributed by atoms with van der Waals surface area (Å²) in [6.07, 6.45) is 2.01. The van der Waals surface area contributed by atoms with E-state index in [1.807, 2.05) is 13.8 Å². The first-order chi connectivity index (χ1) is 8.37. The molecule has 18 heavy (non-hydrogen) atoms. The van der Waals surface area contributed by atoms with E-state index in [9.17, 15) is 8.42 Å². The van der Waals surface area contributed by atoms with Gasteiger partial charge >= 0.3 is 0 Å². The van der Waals surface area contributed by atoms with E-state index in [2.05, 4.69) is 15.3 Å². The van der Waals surface area contributed by atoms with Crippen LogP contribution in [0.2, 0.25) is 0 Å². The maximum Gasteiger partial charge on any atom is 0.225 e. The summed E-state index contributed by atoms with van der Waals surface area (Å²) >= 11 is 0. The van der Waals surface area contributed by atoms with Crippen LogP contribution in [0.3, 0.4) is 0 Å². The second-order valence-corrected chi connectivity index (χ2v) is 5.77. The van der Waals surface area contributed by atoms with Crippen LogP contribution in [0.4, 0.5) is 5.95 Å². The van der Waals surface area contributed by atoms with Crippen LogP contribution in [0.1, 0.15) is 20.3 Å². The summed E-state index contributed by atoms with van der Waals surface area (Å²) in [4.78, 5) is 8.12. The van der Waals surface area contributed by atoms with Gasteiger partial charge in [-0.2, -0.15) is 4.98 Å². The number of aromatic nitrogens is 2. The maximum absolute atomic E-state index is 10.7. The number of primary sulfonamides is 1. The first kappa shape index (κ1) is 14.7. The van der Waals surface area contributed by atoms with Crippen molar-refractivity contribution in [3.8, 4) is 5.88 Å². The van der Waals surface area contributed by atoms with Gasteiger partial charge < -0.3 is 10.1 Å². The first-order valence-corrected chi connectivity index (χ1v) is 7.32. The normalized spacial score (nSPS) is 11.6. The maximum atomic E-state index is 10.7. The number of ether oxygens (including phenoxy) is 1. The summed E-state index contributed by atoms with van der Waals surface area (Å²) in [5, 5.41) is 7.80. The molecule has 3 N–H and O–H groups in total. The highest BCUT2D eigenvalue weighted by Crippen LogP contribution is 2.09. The van der Waals surface area contributed by atoms with Crippen molar-refractivity contribution in [1.82, 2.24) is 9.97 Å². The van der Waals surface area contributed by atoms with E-state index in [4.69, 9.17) is 9.88 Å². The molecule has 0 radical (unpaired) electrons. The highest BCUT2D eigenvalue weighted by molar-refractivity contribution is 7.89.